The lowest BCUT2D eigenvalue weighted by molar-refractivity contribution is 0.886. The van der Waals surface area contributed by atoms with Crippen LogP contribution in [0.3, 0.4) is 0 Å². The zero-order valence-electron chi connectivity index (χ0n) is 9.24. The third-order valence-electron chi connectivity index (χ3n) is 1.44. The topological polar surface area (TPSA) is 69.9 Å². The molecule has 0 aliphatic rings. The molecule has 0 aliphatic carbocycles. The number of aryl methyl sites for hydroxylation is 1. The molecule has 84 valence electrons. The molecular weight excluding hydrogens is 212 g/mol. The molecular formula is C10H17ClN4. The zero-order valence-corrected chi connectivity index (χ0v) is 9.99. The summed E-state index contributed by atoms with van der Waals surface area (Å²) in [5, 5.41) is 4.32. The Morgan fingerprint density at radius 3 is 2.47 bits per heavy atom. The van der Waals surface area contributed by atoms with E-state index < -0.39 is 0 Å². The highest BCUT2D eigenvalue weighted by atomic mass is 35.5. The number of nitrogens with zero attached hydrogens (tertiary/aromatic N) is 2. The monoisotopic (exact) mass is 228 g/mol. The summed E-state index contributed by atoms with van der Waals surface area (Å²) in [6, 6.07) is 1.86. The summed E-state index contributed by atoms with van der Waals surface area (Å²) in [4.78, 5) is 0. The van der Waals surface area contributed by atoms with Crippen LogP contribution >= 0.6 is 11.6 Å². The number of rotatable bonds is 2. The minimum atomic E-state index is 0.171. The first-order valence-electron chi connectivity index (χ1n) is 4.70. The maximum absolute atomic E-state index is 5.51. The Hall–Kier alpha value is -1.42. The van der Waals surface area contributed by atoms with Gasteiger partial charge in [0, 0.05) is 18.5 Å². The van der Waals surface area contributed by atoms with Crippen LogP contribution in [0.5, 0.6) is 0 Å². The van der Waals surface area contributed by atoms with Gasteiger partial charge in [-0.05, 0) is 13.0 Å². The van der Waals surface area contributed by atoms with Gasteiger partial charge in [-0.3, -0.25) is 0 Å². The SMILES string of the molecule is CC.Cc1ccn(C(/C=C(\N)Cl)=C/N)n1. The van der Waals surface area contributed by atoms with Crippen LogP contribution in [0.2, 0.25) is 0 Å². The van der Waals surface area contributed by atoms with Crippen molar-refractivity contribution in [2.24, 2.45) is 11.5 Å². The highest BCUT2D eigenvalue weighted by Crippen LogP contribution is 2.07. The number of nitrogens with two attached hydrogens (primary N) is 2. The Bertz CT molecular complexity index is 348. The Morgan fingerprint density at radius 2 is 2.13 bits per heavy atom. The van der Waals surface area contributed by atoms with E-state index in [9.17, 15) is 0 Å². The standard InChI is InChI=1S/C8H11ClN4.C2H6/c1-6-2-3-13(12-6)7(5-10)4-8(9)11;1-2/h2-5H,10-11H2,1H3;1-2H3/b7-5+,8-4-;. The summed E-state index contributed by atoms with van der Waals surface area (Å²) in [6.45, 7) is 5.89. The van der Waals surface area contributed by atoms with Crippen LogP contribution in [0.4, 0.5) is 0 Å². The fraction of sp³-hybridized carbons (Fsp3) is 0.300. The molecule has 0 atom stereocenters. The van der Waals surface area contributed by atoms with E-state index >= 15 is 0 Å². The van der Waals surface area contributed by atoms with Crippen molar-refractivity contribution in [1.82, 2.24) is 9.78 Å². The van der Waals surface area contributed by atoms with Gasteiger partial charge < -0.3 is 11.5 Å². The highest BCUT2D eigenvalue weighted by Gasteiger charge is 1.98. The van der Waals surface area contributed by atoms with Gasteiger partial charge >= 0.3 is 0 Å². The summed E-state index contributed by atoms with van der Waals surface area (Å²) in [7, 11) is 0. The maximum atomic E-state index is 5.51. The Morgan fingerprint density at radius 1 is 1.53 bits per heavy atom. The second kappa shape index (κ2) is 6.95. The van der Waals surface area contributed by atoms with E-state index in [1.165, 1.54) is 12.3 Å². The van der Waals surface area contributed by atoms with Gasteiger partial charge in [0.05, 0.1) is 11.4 Å². The van der Waals surface area contributed by atoms with Crippen LogP contribution in [0.15, 0.2) is 29.7 Å². The molecule has 0 radical (unpaired) electrons. The van der Waals surface area contributed by atoms with Gasteiger partial charge in [0.25, 0.3) is 0 Å². The van der Waals surface area contributed by atoms with Crippen LogP contribution in [-0.4, -0.2) is 9.78 Å². The molecule has 1 aromatic heterocycles. The molecule has 0 aromatic carbocycles. The van der Waals surface area contributed by atoms with Crippen molar-refractivity contribution in [1.29, 1.82) is 0 Å². The largest absolute Gasteiger partial charge is 0.403 e. The fourth-order valence-corrected chi connectivity index (χ4v) is 1.00. The number of halogens is 1. The lowest BCUT2D eigenvalue weighted by atomic mass is 10.4. The summed E-state index contributed by atoms with van der Waals surface area (Å²) in [6.07, 6.45) is 4.71. The lowest BCUT2D eigenvalue weighted by Gasteiger charge is -2.00. The average molecular weight is 229 g/mol. The fourth-order valence-electron chi connectivity index (χ4n) is 0.891. The third kappa shape index (κ3) is 4.56. The molecule has 1 aromatic rings. The van der Waals surface area contributed by atoms with Gasteiger partial charge in [-0.1, -0.05) is 25.4 Å². The van der Waals surface area contributed by atoms with E-state index in [1.54, 1.807) is 10.9 Å². The van der Waals surface area contributed by atoms with Crippen LogP contribution in [0, 0.1) is 6.92 Å². The second-order valence-electron chi connectivity index (χ2n) is 2.52. The Balaban J connectivity index is 0.000000921. The minimum Gasteiger partial charge on any atom is -0.403 e. The molecule has 0 fully saturated rings. The zero-order chi connectivity index (χ0) is 11.8. The van der Waals surface area contributed by atoms with Gasteiger partial charge in [-0.25, -0.2) is 4.68 Å². The first-order chi connectivity index (χ1) is 7.13. The quantitative estimate of drug-likeness (QED) is 0.601. The van der Waals surface area contributed by atoms with Crippen molar-refractivity contribution < 1.29 is 0 Å². The molecule has 0 saturated heterocycles. The molecule has 4 nitrogen and oxygen atoms in total. The smallest absolute Gasteiger partial charge is 0.101 e. The van der Waals surface area contributed by atoms with Gasteiger partial charge in [0.1, 0.15) is 5.16 Å². The molecule has 5 heteroatoms. The van der Waals surface area contributed by atoms with E-state index in [-0.39, 0.29) is 5.16 Å². The van der Waals surface area contributed by atoms with Crippen LogP contribution < -0.4 is 11.5 Å². The normalized spacial score (nSPS) is 12.0. The number of allylic oxidation sites excluding steroid dienone is 2. The number of hydrogen-bond acceptors (Lipinski definition) is 3. The second-order valence-corrected chi connectivity index (χ2v) is 2.96. The number of hydrogen-bond donors (Lipinski definition) is 2. The molecule has 1 heterocycles. The van der Waals surface area contributed by atoms with E-state index in [2.05, 4.69) is 5.10 Å². The molecule has 0 spiro atoms. The first kappa shape index (κ1) is 13.6. The summed E-state index contributed by atoms with van der Waals surface area (Å²) in [5.74, 6) is 0. The highest BCUT2D eigenvalue weighted by molar-refractivity contribution is 6.29. The molecule has 0 unspecified atom stereocenters. The van der Waals surface area contributed by atoms with E-state index in [0.717, 1.165) is 5.69 Å². The number of aromatic nitrogens is 2. The third-order valence-corrected chi connectivity index (χ3v) is 1.55. The summed E-state index contributed by atoms with van der Waals surface area (Å²) < 4.78 is 1.60. The predicted molar refractivity (Wildman–Crippen MR) is 64.9 cm³/mol. The molecule has 4 N–H and O–H groups in total. The minimum absolute atomic E-state index is 0.171. The summed E-state index contributed by atoms with van der Waals surface area (Å²) >= 11 is 5.51. The van der Waals surface area contributed by atoms with Crippen molar-refractivity contribution in [3.8, 4) is 0 Å². The van der Waals surface area contributed by atoms with Gasteiger partial charge in [0.2, 0.25) is 0 Å². The van der Waals surface area contributed by atoms with Crippen LogP contribution in [0.1, 0.15) is 19.5 Å². The van der Waals surface area contributed by atoms with Crippen molar-refractivity contribution in [3.63, 3.8) is 0 Å². The van der Waals surface area contributed by atoms with E-state index in [0.29, 0.717) is 5.70 Å². The van der Waals surface area contributed by atoms with Crippen molar-refractivity contribution in [2.75, 3.05) is 0 Å². The molecule has 0 saturated carbocycles. The van der Waals surface area contributed by atoms with Crippen LogP contribution in [0.25, 0.3) is 5.70 Å². The van der Waals surface area contributed by atoms with Crippen molar-refractivity contribution in [2.45, 2.75) is 20.8 Å². The first-order valence-corrected chi connectivity index (χ1v) is 5.08. The molecule has 1 rings (SSSR count). The van der Waals surface area contributed by atoms with Crippen molar-refractivity contribution in [3.05, 3.63) is 35.4 Å². The van der Waals surface area contributed by atoms with Gasteiger partial charge in [-0.15, -0.1) is 0 Å². The Labute approximate surface area is 95.2 Å². The lowest BCUT2D eigenvalue weighted by Crippen LogP contribution is -2.00. The molecule has 15 heavy (non-hydrogen) atoms. The Kier molecular flexibility index (Phi) is 6.29. The molecule has 0 aliphatic heterocycles. The van der Waals surface area contributed by atoms with E-state index in [4.69, 9.17) is 23.1 Å². The summed E-state index contributed by atoms with van der Waals surface area (Å²) in [5.41, 5.74) is 12.2. The maximum Gasteiger partial charge on any atom is 0.101 e. The van der Waals surface area contributed by atoms with Gasteiger partial charge in [-0.2, -0.15) is 5.10 Å². The average Bonchev–Trinajstić information content (AvgIpc) is 2.64. The van der Waals surface area contributed by atoms with Crippen LogP contribution in [-0.2, 0) is 0 Å². The van der Waals surface area contributed by atoms with E-state index in [1.807, 2.05) is 26.8 Å². The molecule has 0 bridgehead atoms. The van der Waals surface area contributed by atoms with Crippen molar-refractivity contribution >= 4 is 17.3 Å². The predicted octanol–water partition coefficient (Wildman–Crippen LogP) is 2.01. The van der Waals surface area contributed by atoms with Gasteiger partial charge in [0.15, 0.2) is 0 Å². The molecule has 0 amide bonds.